The fourth-order valence-electron chi connectivity index (χ4n) is 4.12. The molecule has 1 aromatic heterocycles. The number of aromatic nitrogens is 1. The van der Waals surface area contributed by atoms with E-state index in [-0.39, 0.29) is 17.9 Å². The van der Waals surface area contributed by atoms with Crippen molar-refractivity contribution in [2.45, 2.75) is 12.5 Å². The lowest BCUT2D eigenvalue weighted by Gasteiger charge is -2.34. The van der Waals surface area contributed by atoms with Gasteiger partial charge in [-0.2, -0.15) is 0 Å². The van der Waals surface area contributed by atoms with Gasteiger partial charge in [0, 0.05) is 45.2 Å². The van der Waals surface area contributed by atoms with Crippen LogP contribution < -0.4 is 0 Å². The van der Waals surface area contributed by atoms with Gasteiger partial charge < -0.3 is 24.2 Å². The van der Waals surface area contributed by atoms with Gasteiger partial charge in [-0.25, -0.2) is 4.98 Å². The highest BCUT2D eigenvalue weighted by molar-refractivity contribution is 6.06. The molecule has 1 aromatic carbocycles. The number of carbonyl (C=O) groups is 2. The first-order valence-electron chi connectivity index (χ1n) is 10.8. The van der Waals surface area contributed by atoms with Crippen LogP contribution in [-0.2, 0) is 14.3 Å². The fourth-order valence-corrected chi connectivity index (χ4v) is 4.12. The monoisotopic (exact) mass is 426 g/mol. The number of fused-ring (bicyclic) bond motifs is 1. The Morgan fingerprint density at radius 3 is 2.68 bits per heavy atom. The molecule has 3 heterocycles. The smallest absolute Gasteiger partial charge is 0.254 e. The third kappa shape index (κ3) is 4.87. The molecule has 1 atom stereocenters. The molecule has 0 bridgehead atoms. The highest BCUT2D eigenvalue weighted by atomic mass is 16.5. The second-order valence-electron chi connectivity index (χ2n) is 8.15. The Morgan fingerprint density at radius 2 is 1.90 bits per heavy atom. The van der Waals surface area contributed by atoms with E-state index < -0.39 is 0 Å². The number of carbonyl (C=O) groups excluding carboxylic acids is 2. The first kappa shape index (κ1) is 21.7. The van der Waals surface area contributed by atoms with Gasteiger partial charge in [0.1, 0.15) is 6.10 Å². The van der Waals surface area contributed by atoms with Gasteiger partial charge in [0.15, 0.2) is 0 Å². The molecule has 2 aliphatic rings. The van der Waals surface area contributed by atoms with Crippen LogP contribution in [0.15, 0.2) is 30.3 Å². The molecule has 31 heavy (non-hydrogen) atoms. The maximum Gasteiger partial charge on any atom is 0.254 e. The van der Waals surface area contributed by atoms with Crippen LogP contribution in [0.25, 0.3) is 10.9 Å². The van der Waals surface area contributed by atoms with Gasteiger partial charge >= 0.3 is 0 Å². The normalized spacial score (nSPS) is 20.3. The summed E-state index contributed by atoms with van der Waals surface area (Å²) in [6.45, 7) is 4.98. The SMILES string of the molecule is COCCC(=O)N1CCO[C@@H](c2cc(C(=O)N3CCN(C)CC3)c3ccccc3n2)C1. The number of para-hydroxylation sites is 1. The van der Waals surface area contributed by atoms with E-state index >= 15 is 0 Å². The van der Waals surface area contributed by atoms with Gasteiger partial charge in [-0.3, -0.25) is 9.59 Å². The summed E-state index contributed by atoms with van der Waals surface area (Å²) in [6.07, 6.45) is -0.00879. The summed E-state index contributed by atoms with van der Waals surface area (Å²) in [4.78, 5) is 36.6. The van der Waals surface area contributed by atoms with Crippen molar-refractivity contribution in [3.05, 3.63) is 41.6 Å². The van der Waals surface area contributed by atoms with E-state index in [0.29, 0.717) is 57.1 Å². The average Bonchev–Trinajstić information content (AvgIpc) is 2.82. The zero-order valence-corrected chi connectivity index (χ0v) is 18.2. The summed E-state index contributed by atoms with van der Waals surface area (Å²) in [6, 6.07) is 9.57. The van der Waals surface area contributed by atoms with Crippen molar-refractivity contribution in [3.63, 3.8) is 0 Å². The highest BCUT2D eigenvalue weighted by Crippen LogP contribution is 2.27. The summed E-state index contributed by atoms with van der Waals surface area (Å²) >= 11 is 0. The molecule has 8 heteroatoms. The van der Waals surface area contributed by atoms with E-state index in [9.17, 15) is 9.59 Å². The highest BCUT2D eigenvalue weighted by Gasteiger charge is 2.29. The van der Waals surface area contributed by atoms with Crippen molar-refractivity contribution in [1.29, 1.82) is 0 Å². The van der Waals surface area contributed by atoms with Gasteiger partial charge in [0.05, 0.1) is 43.0 Å². The van der Waals surface area contributed by atoms with Crippen molar-refractivity contribution in [2.24, 2.45) is 0 Å². The standard InChI is InChI=1S/C23H30N4O4/c1-25-8-10-26(11-9-25)23(29)18-15-20(24-19-6-4-3-5-17(18)19)21-16-27(12-14-31-21)22(28)7-13-30-2/h3-6,15,21H,7-14,16H2,1-2H3/t21-/m1/s1. The zero-order valence-electron chi connectivity index (χ0n) is 18.2. The summed E-state index contributed by atoms with van der Waals surface area (Å²) in [5.74, 6) is 0.0708. The molecule has 0 saturated carbocycles. The summed E-state index contributed by atoms with van der Waals surface area (Å²) < 4.78 is 11.0. The van der Waals surface area contributed by atoms with Gasteiger partial charge in [-0.15, -0.1) is 0 Å². The molecule has 0 spiro atoms. The van der Waals surface area contributed by atoms with E-state index in [0.717, 1.165) is 24.0 Å². The average molecular weight is 427 g/mol. The van der Waals surface area contributed by atoms with Crippen molar-refractivity contribution in [3.8, 4) is 0 Å². The molecule has 2 aromatic rings. The molecule has 166 valence electrons. The molecule has 0 aliphatic carbocycles. The Morgan fingerprint density at radius 1 is 1.13 bits per heavy atom. The number of morpholine rings is 1. The van der Waals surface area contributed by atoms with Crippen LogP contribution in [-0.4, -0.2) is 98.1 Å². The second kappa shape index (κ2) is 9.72. The quantitative estimate of drug-likeness (QED) is 0.722. The van der Waals surface area contributed by atoms with Crippen LogP contribution in [0.5, 0.6) is 0 Å². The number of ether oxygens (including phenoxy) is 2. The molecule has 2 saturated heterocycles. The Bertz CT molecular complexity index is 942. The molecule has 8 nitrogen and oxygen atoms in total. The van der Waals surface area contributed by atoms with Crippen molar-refractivity contribution >= 4 is 22.7 Å². The third-order valence-electron chi connectivity index (χ3n) is 6.03. The molecular weight excluding hydrogens is 396 g/mol. The minimum Gasteiger partial charge on any atom is -0.384 e. The Hall–Kier alpha value is -2.55. The number of hydrogen-bond acceptors (Lipinski definition) is 6. The van der Waals surface area contributed by atoms with Crippen LogP contribution in [0.3, 0.4) is 0 Å². The number of benzene rings is 1. The zero-order chi connectivity index (χ0) is 21.8. The lowest BCUT2D eigenvalue weighted by molar-refractivity contribution is -0.140. The first-order chi connectivity index (χ1) is 15.1. The van der Waals surface area contributed by atoms with E-state index in [2.05, 4.69) is 11.9 Å². The number of likely N-dealkylation sites (N-methyl/N-ethyl adjacent to an activating group) is 1. The summed E-state index contributed by atoms with van der Waals surface area (Å²) in [7, 11) is 3.66. The van der Waals surface area contributed by atoms with Crippen LogP contribution in [0, 0.1) is 0 Å². The maximum atomic E-state index is 13.4. The molecule has 2 fully saturated rings. The van der Waals surface area contributed by atoms with Gasteiger partial charge in [-0.05, 0) is 19.2 Å². The van der Waals surface area contributed by atoms with Crippen molar-refractivity contribution in [2.75, 3.05) is 66.6 Å². The van der Waals surface area contributed by atoms with Gasteiger partial charge in [0.25, 0.3) is 5.91 Å². The Balaban J connectivity index is 1.61. The summed E-state index contributed by atoms with van der Waals surface area (Å²) in [5, 5.41) is 0.846. The molecule has 2 amide bonds. The number of amides is 2. The van der Waals surface area contributed by atoms with Crippen LogP contribution in [0.4, 0.5) is 0 Å². The Kier molecular flexibility index (Phi) is 6.80. The largest absolute Gasteiger partial charge is 0.384 e. The van der Waals surface area contributed by atoms with E-state index in [1.54, 1.807) is 12.0 Å². The van der Waals surface area contributed by atoms with Crippen LogP contribution in [0.2, 0.25) is 0 Å². The van der Waals surface area contributed by atoms with E-state index in [4.69, 9.17) is 14.5 Å². The number of pyridine rings is 1. The molecular formula is C23H30N4O4. The fraction of sp³-hybridized carbons (Fsp3) is 0.522. The van der Waals surface area contributed by atoms with Crippen LogP contribution >= 0.6 is 0 Å². The predicted molar refractivity (Wildman–Crippen MR) is 117 cm³/mol. The number of methoxy groups -OCH3 is 1. The lowest BCUT2D eigenvalue weighted by Crippen LogP contribution is -2.47. The molecule has 0 radical (unpaired) electrons. The van der Waals surface area contributed by atoms with Gasteiger partial charge in [-0.1, -0.05) is 18.2 Å². The minimum atomic E-state index is -0.358. The lowest BCUT2D eigenvalue weighted by atomic mass is 10.0. The molecule has 4 rings (SSSR count). The van der Waals surface area contributed by atoms with Crippen molar-refractivity contribution in [1.82, 2.24) is 19.7 Å². The van der Waals surface area contributed by atoms with E-state index in [1.165, 1.54) is 0 Å². The minimum absolute atomic E-state index is 0.0248. The third-order valence-corrected chi connectivity index (χ3v) is 6.03. The van der Waals surface area contributed by atoms with Crippen molar-refractivity contribution < 1.29 is 19.1 Å². The number of hydrogen-bond donors (Lipinski definition) is 0. The molecule has 0 N–H and O–H groups in total. The molecule has 2 aliphatic heterocycles. The first-order valence-corrected chi connectivity index (χ1v) is 10.8. The molecule has 0 unspecified atom stereocenters. The topological polar surface area (TPSA) is 75.2 Å². The van der Waals surface area contributed by atoms with E-state index in [1.807, 2.05) is 35.2 Å². The predicted octanol–water partition coefficient (Wildman–Crippen LogP) is 1.56. The number of piperazine rings is 1. The number of nitrogens with zero attached hydrogens (tertiary/aromatic N) is 4. The van der Waals surface area contributed by atoms with Gasteiger partial charge in [0.2, 0.25) is 5.91 Å². The second-order valence-corrected chi connectivity index (χ2v) is 8.15. The summed E-state index contributed by atoms with van der Waals surface area (Å²) in [5.41, 5.74) is 2.11. The van der Waals surface area contributed by atoms with Crippen LogP contribution in [0.1, 0.15) is 28.6 Å². The Labute approximate surface area is 182 Å². The number of rotatable bonds is 5. The maximum absolute atomic E-state index is 13.4.